The first-order valence-electron chi connectivity index (χ1n) is 6.98. The molecule has 1 saturated carbocycles. The summed E-state index contributed by atoms with van der Waals surface area (Å²) >= 11 is 0. The normalized spacial score (nSPS) is 34.6. The molecule has 1 aliphatic rings. The number of hydrogen-bond donors (Lipinski definition) is 1. The second-order valence-corrected chi connectivity index (χ2v) is 6.22. The van der Waals surface area contributed by atoms with E-state index in [9.17, 15) is 0 Å². The summed E-state index contributed by atoms with van der Waals surface area (Å²) < 4.78 is 0. The molecule has 0 bridgehead atoms. The van der Waals surface area contributed by atoms with E-state index in [4.69, 9.17) is 0 Å². The van der Waals surface area contributed by atoms with E-state index < -0.39 is 0 Å². The molecular weight excluding hydrogens is 210 g/mol. The first-order chi connectivity index (χ1) is 7.95. The molecule has 1 N–H and O–H groups in total. The fourth-order valence-corrected chi connectivity index (χ4v) is 3.38. The van der Waals surface area contributed by atoms with Gasteiger partial charge in [-0.25, -0.2) is 0 Å². The maximum Gasteiger partial charge on any atom is 0.0272 e. The van der Waals surface area contributed by atoms with Gasteiger partial charge in [-0.2, -0.15) is 0 Å². The molecule has 0 amide bonds. The zero-order valence-corrected chi connectivity index (χ0v) is 12.5. The minimum Gasteiger partial charge on any atom is -0.315 e. The highest BCUT2D eigenvalue weighted by Crippen LogP contribution is 2.31. The summed E-state index contributed by atoms with van der Waals surface area (Å²) in [5.74, 6) is 1.66. The van der Waals surface area contributed by atoms with Gasteiger partial charge in [0.25, 0.3) is 0 Å². The molecule has 3 heteroatoms. The van der Waals surface area contributed by atoms with Gasteiger partial charge in [-0.1, -0.05) is 13.8 Å². The van der Waals surface area contributed by atoms with Crippen molar-refractivity contribution in [2.24, 2.45) is 11.8 Å². The van der Waals surface area contributed by atoms with Crippen LogP contribution in [0.25, 0.3) is 0 Å². The van der Waals surface area contributed by atoms with E-state index in [-0.39, 0.29) is 0 Å². The van der Waals surface area contributed by atoms with Gasteiger partial charge in [-0.3, -0.25) is 0 Å². The molecular formula is C14H31N3. The molecule has 0 aromatic carbocycles. The van der Waals surface area contributed by atoms with Crippen molar-refractivity contribution in [3.8, 4) is 0 Å². The molecule has 0 spiro atoms. The van der Waals surface area contributed by atoms with Crippen molar-refractivity contribution in [1.29, 1.82) is 0 Å². The van der Waals surface area contributed by atoms with Crippen LogP contribution >= 0.6 is 0 Å². The Morgan fingerprint density at radius 1 is 1.06 bits per heavy atom. The van der Waals surface area contributed by atoms with Gasteiger partial charge in [0.2, 0.25) is 0 Å². The van der Waals surface area contributed by atoms with E-state index in [1.807, 2.05) is 0 Å². The zero-order valence-electron chi connectivity index (χ0n) is 12.5. The molecule has 1 aliphatic carbocycles. The molecule has 1 fully saturated rings. The summed E-state index contributed by atoms with van der Waals surface area (Å²) in [6.07, 6.45) is 2.69. The Morgan fingerprint density at radius 3 is 2.24 bits per heavy atom. The lowest BCUT2D eigenvalue weighted by Gasteiger charge is -2.44. The monoisotopic (exact) mass is 241 g/mol. The highest BCUT2D eigenvalue weighted by molar-refractivity contribution is 4.92. The highest BCUT2D eigenvalue weighted by Gasteiger charge is 2.35. The van der Waals surface area contributed by atoms with Crippen molar-refractivity contribution in [3.63, 3.8) is 0 Å². The van der Waals surface area contributed by atoms with Crippen LogP contribution in [0, 0.1) is 11.8 Å². The molecule has 0 aromatic rings. The van der Waals surface area contributed by atoms with Gasteiger partial charge in [-0.15, -0.1) is 0 Å². The number of nitrogens with zero attached hydrogens (tertiary/aromatic N) is 2. The van der Waals surface area contributed by atoms with E-state index >= 15 is 0 Å². The molecule has 17 heavy (non-hydrogen) atoms. The second kappa shape index (κ2) is 6.72. The topological polar surface area (TPSA) is 18.5 Å². The first kappa shape index (κ1) is 14.9. The molecule has 0 aromatic heterocycles. The van der Waals surface area contributed by atoms with Crippen LogP contribution in [0.15, 0.2) is 0 Å². The average Bonchev–Trinajstić information content (AvgIpc) is 2.24. The van der Waals surface area contributed by atoms with Crippen LogP contribution in [0.2, 0.25) is 0 Å². The van der Waals surface area contributed by atoms with E-state index in [2.05, 4.69) is 57.2 Å². The predicted octanol–water partition coefficient (Wildman–Crippen LogP) is 1.50. The third-order valence-electron chi connectivity index (χ3n) is 4.21. The molecule has 102 valence electrons. The summed E-state index contributed by atoms with van der Waals surface area (Å²) in [6, 6.07) is 1.34. The molecule has 0 radical (unpaired) electrons. The van der Waals surface area contributed by atoms with E-state index in [1.54, 1.807) is 0 Å². The quantitative estimate of drug-likeness (QED) is 0.787. The van der Waals surface area contributed by atoms with Crippen molar-refractivity contribution in [3.05, 3.63) is 0 Å². The molecule has 0 aliphatic heterocycles. The Balaban J connectivity index is 2.58. The number of hydrogen-bond acceptors (Lipinski definition) is 3. The number of nitrogens with one attached hydrogen (secondary N) is 1. The average molecular weight is 241 g/mol. The lowest BCUT2D eigenvalue weighted by Crippen LogP contribution is -2.55. The summed E-state index contributed by atoms with van der Waals surface area (Å²) in [6.45, 7) is 7.11. The predicted molar refractivity (Wildman–Crippen MR) is 75.4 cm³/mol. The van der Waals surface area contributed by atoms with E-state index in [1.165, 1.54) is 12.8 Å². The SMILES string of the molecule is CNC1CC(C)CC(C)C1N(C)CCN(C)C. The van der Waals surface area contributed by atoms with Gasteiger partial charge in [-0.05, 0) is 52.9 Å². The van der Waals surface area contributed by atoms with Crippen LogP contribution in [0.1, 0.15) is 26.7 Å². The summed E-state index contributed by atoms with van der Waals surface area (Å²) in [5, 5.41) is 3.53. The van der Waals surface area contributed by atoms with Crippen molar-refractivity contribution in [2.75, 3.05) is 41.3 Å². The Hall–Kier alpha value is -0.120. The van der Waals surface area contributed by atoms with Crippen LogP contribution in [-0.4, -0.2) is 63.2 Å². The van der Waals surface area contributed by atoms with Gasteiger partial charge in [0, 0.05) is 25.2 Å². The molecule has 4 unspecified atom stereocenters. The fourth-order valence-electron chi connectivity index (χ4n) is 3.38. The van der Waals surface area contributed by atoms with E-state index in [0.29, 0.717) is 12.1 Å². The Kier molecular flexibility index (Phi) is 5.90. The summed E-state index contributed by atoms with van der Waals surface area (Å²) in [4.78, 5) is 4.82. The van der Waals surface area contributed by atoms with Crippen molar-refractivity contribution in [1.82, 2.24) is 15.1 Å². The molecule has 3 nitrogen and oxygen atoms in total. The van der Waals surface area contributed by atoms with Crippen molar-refractivity contribution < 1.29 is 0 Å². The van der Waals surface area contributed by atoms with Gasteiger partial charge < -0.3 is 15.1 Å². The molecule has 0 heterocycles. The molecule has 1 rings (SSSR count). The number of likely N-dealkylation sites (N-methyl/N-ethyl adjacent to an activating group) is 3. The van der Waals surface area contributed by atoms with Gasteiger partial charge in [0.1, 0.15) is 0 Å². The van der Waals surface area contributed by atoms with Crippen LogP contribution in [0.4, 0.5) is 0 Å². The zero-order chi connectivity index (χ0) is 13.0. The number of rotatable bonds is 5. The Labute approximate surface area is 108 Å². The third kappa shape index (κ3) is 4.23. The summed E-state index contributed by atoms with van der Waals surface area (Å²) in [7, 11) is 8.69. The lowest BCUT2D eigenvalue weighted by molar-refractivity contribution is 0.0790. The van der Waals surface area contributed by atoms with E-state index in [0.717, 1.165) is 24.9 Å². The highest BCUT2D eigenvalue weighted by atomic mass is 15.2. The van der Waals surface area contributed by atoms with Gasteiger partial charge in [0.05, 0.1) is 0 Å². The lowest BCUT2D eigenvalue weighted by atomic mass is 9.76. The standard InChI is InChI=1S/C14H31N3/c1-11-9-12(2)14(13(10-11)15-3)17(6)8-7-16(4)5/h11-15H,7-10H2,1-6H3. The van der Waals surface area contributed by atoms with Crippen LogP contribution in [0.3, 0.4) is 0 Å². The van der Waals surface area contributed by atoms with Crippen LogP contribution in [0.5, 0.6) is 0 Å². The van der Waals surface area contributed by atoms with Crippen LogP contribution in [-0.2, 0) is 0 Å². The third-order valence-corrected chi connectivity index (χ3v) is 4.21. The van der Waals surface area contributed by atoms with Gasteiger partial charge >= 0.3 is 0 Å². The fraction of sp³-hybridized carbons (Fsp3) is 1.00. The second-order valence-electron chi connectivity index (χ2n) is 6.22. The van der Waals surface area contributed by atoms with Crippen molar-refractivity contribution >= 4 is 0 Å². The van der Waals surface area contributed by atoms with Crippen molar-refractivity contribution in [2.45, 2.75) is 38.8 Å². The van der Waals surface area contributed by atoms with Gasteiger partial charge in [0.15, 0.2) is 0 Å². The smallest absolute Gasteiger partial charge is 0.0272 e. The summed E-state index contributed by atoms with van der Waals surface area (Å²) in [5.41, 5.74) is 0. The minimum absolute atomic E-state index is 0.654. The Morgan fingerprint density at radius 2 is 1.71 bits per heavy atom. The molecule has 4 atom stereocenters. The largest absolute Gasteiger partial charge is 0.315 e. The Bertz CT molecular complexity index is 218. The maximum absolute atomic E-state index is 3.53. The van der Waals surface area contributed by atoms with Crippen LogP contribution < -0.4 is 5.32 Å². The molecule has 0 saturated heterocycles. The first-order valence-corrected chi connectivity index (χ1v) is 6.98. The maximum atomic E-state index is 3.53. The minimum atomic E-state index is 0.654.